The minimum Gasteiger partial charge on any atom is -0.478 e. The molecule has 0 spiro atoms. The molecule has 0 aromatic heterocycles. The standard InChI is InChI=1S/C25H20O2/c1-3-15-16(4-2)24(25(26)27)20-13-7-11-18-17-10-5-8-14-9-6-12-19(21(14)17)22(15)23(18)20/h5-13H,3-4H2,1-2H3,(H,26,27). The average molecular weight is 352 g/mol. The summed E-state index contributed by atoms with van der Waals surface area (Å²) in [4.78, 5) is 12.2. The quantitative estimate of drug-likeness (QED) is 0.295. The van der Waals surface area contributed by atoms with Gasteiger partial charge in [-0.15, -0.1) is 0 Å². The lowest BCUT2D eigenvalue weighted by molar-refractivity contribution is 0.0698. The second-order valence-corrected chi connectivity index (χ2v) is 7.16. The monoisotopic (exact) mass is 352 g/mol. The molecule has 0 bridgehead atoms. The second kappa shape index (κ2) is 5.68. The molecular formula is C25H20O2. The number of hydrogen-bond acceptors (Lipinski definition) is 1. The normalized spacial score (nSPS) is 11.9. The fourth-order valence-corrected chi connectivity index (χ4v) is 4.97. The molecule has 2 nitrogen and oxygen atoms in total. The van der Waals surface area contributed by atoms with E-state index in [1.54, 1.807) is 0 Å². The molecular weight excluding hydrogens is 332 g/mol. The van der Waals surface area contributed by atoms with Crippen molar-refractivity contribution in [2.24, 2.45) is 0 Å². The van der Waals surface area contributed by atoms with Crippen LogP contribution in [0.25, 0.3) is 43.1 Å². The van der Waals surface area contributed by atoms with Gasteiger partial charge in [0.25, 0.3) is 0 Å². The lowest BCUT2D eigenvalue weighted by Gasteiger charge is -2.21. The van der Waals surface area contributed by atoms with Crippen LogP contribution < -0.4 is 0 Å². The Morgan fingerprint density at radius 2 is 1.26 bits per heavy atom. The highest BCUT2D eigenvalue weighted by atomic mass is 16.4. The van der Waals surface area contributed by atoms with Crippen LogP contribution in [0, 0.1) is 0 Å². The Balaban J connectivity index is 2.25. The topological polar surface area (TPSA) is 37.3 Å². The molecule has 5 aromatic carbocycles. The summed E-state index contributed by atoms with van der Waals surface area (Å²) in [6.45, 7) is 4.19. The van der Waals surface area contributed by atoms with Gasteiger partial charge in [-0.1, -0.05) is 68.4 Å². The highest BCUT2D eigenvalue weighted by Crippen LogP contribution is 2.44. The number of carbonyl (C=O) groups is 1. The van der Waals surface area contributed by atoms with Crippen LogP contribution in [0.3, 0.4) is 0 Å². The fraction of sp³-hybridized carbons (Fsp3) is 0.160. The Morgan fingerprint density at radius 3 is 1.89 bits per heavy atom. The summed E-state index contributed by atoms with van der Waals surface area (Å²) >= 11 is 0. The van der Waals surface area contributed by atoms with E-state index in [0.717, 1.165) is 34.6 Å². The van der Waals surface area contributed by atoms with Crippen molar-refractivity contribution in [1.82, 2.24) is 0 Å². The summed E-state index contributed by atoms with van der Waals surface area (Å²) in [5, 5.41) is 19.3. The van der Waals surface area contributed by atoms with Crippen LogP contribution in [0.2, 0.25) is 0 Å². The van der Waals surface area contributed by atoms with Crippen molar-refractivity contribution in [3.8, 4) is 0 Å². The van der Waals surface area contributed by atoms with Gasteiger partial charge in [0.15, 0.2) is 0 Å². The van der Waals surface area contributed by atoms with Gasteiger partial charge in [-0.25, -0.2) is 4.79 Å². The van der Waals surface area contributed by atoms with E-state index in [0.29, 0.717) is 5.56 Å². The first-order valence-corrected chi connectivity index (χ1v) is 9.53. The van der Waals surface area contributed by atoms with Gasteiger partial charge >= 0.3 is 5.97 Å². The summed E-state index contributed by atoms with van der Waals surface area (Å²) in [6.07, 6.45) is 1.54. The maximum Gasteiger partial charge on any atom is 0.336 e. The second-order valence-electron chi connectivity index (χ2n) is 7.16. The third-order valence-corrected chi connectivity index (χ3v) is 5.94. The van der Waals surface area contributed by atoms with Gasteiger partial charge in [0.1, 0.15) is 0 Å². The van der Waals surface area contributed by atoms with Crippen LogP contribution in [-0.2, 0) is 12.8 Å². The minimum absolute atomic E-state index is 0.474. The number of carboxylic acids is 1. The minimum atomic E-state index is -0.831. The Bertz CT molecular complexity index is 1360. The van der Waals surface area contributed by atoms with Gasteiger partial charge in [0.2, 0.25) is 0 Å². The van der Waals surface area contributed by atoms with Gasteiger partial charge in [-0.3, -0.25) is 0 Å². The number of benzene rings is 5. The van der Waals surface area contributed by atoms with Crippen molar-refractivity contribution >= 4 is 49.1 Å². The van der Waals surface area contributed by atoms with E-state index in [1.807, 2.05) is 12.1 Å². The van der Waals surface area contributed by atoms with Crippen LogP contribution in [0.1, 0.15) is 35.3 Å². The average Bonchev–Trinajstić information content (AvgIpc) is 2.70. The predicted octanol–water partition coefficient (Wildman–Crippen LogP) is 6.56. The number of carboxylic acid groups (broad SMARTS) is 1. The molecule has 0 amide bonds. The summed E-state index contributed by atoms with van der Waals surface area (Å²) in [6, 6.07) is 19.0. The van der Waals surface area contributed by atoms with E-state index < -0.39 is 5.97 Å². The molecule has 0 fully saturated rings. The van der Waals surface area contributed by atoms with E-state index in [1.165, 1.54) is 32.5 Å². The molecule has 0 atom stereocenters. The summed E-state index contributed by atoms with van der Waals surface area (Å²) in [5.41, 5.74) is 2.62. The summed E-state index contributed by atoms with van der Waals surface area (Å²) in [7, 11) is 0. The SMILES string of the molecule is CCc1c(C(=O)O)c2cccc3c4cccc5cccc(c(c1CC)c23)c54. The summed E-state index contributed by atoms with van der Waals surface area (Å²) < 4.78 is 0. The van der Waals surface area contributed by atoms with E-state index in [9.17, 15) is 9.90 Å². The molecule has 132 valence electrons. The van der Waals surface area contributed by atoms with Gasteiger partial charge in [-0.2, -0.15) is 0 Å². The number of rotatable bonds is 3. The number of hydrogen-bond donors (Lipinski definition) is 1. The Kier molecular flexibility index (Phi) is 3.38. The molecule has 0 aliphatic heterocycles. The zero-order valence-corrected chi connectivity index (χ0v) is 15.5. The highest BCUT2D eigenvalue weighted by Gasteiger charge is 2.23. The largest absolute Gasteiger partial charge is 0.478 e. The lowest BCUT2D eigenvalue weighted by atomic mass is 9.82. The molecule has 2 heteroatoms. The lowest BCUT2D eigenvalue weighted by Crippen LogP contribution is -2.08. The van der Waals surface area contributed by atoms with E-state index in [4.69, 9.17) is 0 Å². The smallest absolute Gasteiger partial charge is 0.336 e. The molecule has 5 aromatic rings. The van der Waals surface area contributed by atoms with Crippen molar-refractivity contribution in [1.29, 1.82) is 0 Å². The molecule has 27 heavy (non-hydrogen) atoms. The van der Waals surface area contributed by atoms with E-state index in [-0.39, 0.29) is 0 Å². The molecule has 0 unspecified atom stereocenters. The number of fused-ring (bicyclic) bond motifs is 2. The molecule has 5 rings (SSSR count). The molecule has 1 N–H and O–H groups in total. The van der Waals surface area contributed by atoms with Gasteiger partial charge in [-0.05, 0) is 67.1 Å². The maximum absolute atomic E-state index is 12.2. The Morgan fingerprint density at radius 1 is 0.704 bits per heavy atom. The van der Waals surface area contributed by atoms with E-state index in [2.05, 4.69) is 56.3 Å². The Hall–Kier alpha value is -3.13. The predicted molar refractivity (Wildman–Crippen MR) is 113 cm³/mol. The van der Waals surface area contributed by atoms with Crippen molar-refractivity contribution in [2.45, 2.75) is 26.7 Å². The van der Waals surface area contributed by atoms with Crippen molar-refractivity contribution in [3.63, 3.8) is 0 Å². The van der Waals surface area contributed by atoms with Crippen molar-refractivity contribution in [3.05, 3.63) is 71.3 Å². The van der Waals surface area contributed by atoms with Crippen LogP contribution in [0.5, 0.6) is 0 Å². The molecule has 0 heterocycles. The van der Waals surface area contributed by atoms with Crippen LogP contribution in [-0.4, -0.2) is 11.1 Å². The third-order valence-electron chi connectivity index (χ3n) is 5.94. The molecule has 0 radical (unpaired) electrons. The third kappa shape index (κ3) is 1.98. The summed E-state index contributed by atoms with van der Waals surface area (Å²) in [5.74, 6) is -0.831. The van der Waals surface area contributed by atoms with Crippen LogP contribution in [0.4, 0.5) is 0 Å². The van der Waals surface area contributed by atoms with Crippen molar-refractivity contribution < 1.29 is 9.90 Å². The number of aromatic carboxylic acids is 1. The first-order chi connectivity index (χ1) is 13.2. The first-order valence-electron chi connectivity index (χ1n) is 9.53. The molecule has 0 aliphatic carbocycles. The number of aryl methyl sites for hydroxylation is 1. The zero-order chi connectivity index (χ0) is 18.7. The van der Waals surface area contributed by atoms with Gasteiger partial charge < -0.3 is 5.11 Å². The highest BCUT2D eigenvalue weighted by molar-refractivity contribution is 6.35. The zero-order valence-electron chi connectivity index (χ0n) is 15.5. The van der Waals surface area contributed by atoms with Crippen LogP contribution in [0.15, 0.2) is 54.6 Å². The van der Waals surface area contributed by atoms with E-state index >= 15 is 0 Å². The maximum atomic E-state index is 12.2. The van der Waals surface area contributed by atoms with Crippen molar-refractivity contribution in [2.75, 3.05) is 0 Å². The fourth-order valence-electron chi connectivity index (χ4n) is 4.97. The molecule has 0 aliphatic rings. The first kappa shape index (κ1) is 16.1. The van der Waals surface area contributed by atoms with Gasteiger partial charge in [0, 0.05) is 0 Å². The van der Waals surface area contributed by atoms with Crippen LogP contribution >= 0.6 is 0 Å². The molecule has 0 saturated heterocycles. The van der Waals surface area contributed by atoms with Gasteiger partial charge in [0.05, 0.1) is 5.56 Å². The Labute approximate surface area is 157 Å². The molecule has 0 saturated carbocycles.